The monoisotopic (exact) mass is 383 g/mol. The van der Waals surface area contributed by atoms with Crippen LogP contribution in [0.5, 0.6) is 0 Å². The number of rotatable bonds is 3. The maximum absolute atomic E-state index is 13.3. The van der Waals surface area contributed by atoms with Crippen LogP contribution >= 0.6 is 0 Å². The molecule has 4 atom stereocenters. The summed E-state index contributed by atoms with van der Waals surface area (Å²) < 4.78 is 2.29. The van der Waals surface area contributed by atoms with E-state index < -0.39 is 0 Å². The van der Waals surface area contributed by atoms with Crippen molar-refractivity contribution in [3.63, 3.8) is 0 Å². The molecule has 0 saturated heterocycles. The van der Waals surface area contributed by atoms with E-state index in [0.717, 1.165) is 36.8 Å². The average molecular weight is 384 g/mol. The van der Waals surface area contributed by atoms with Gasteiger partial charge in [-0.15, -0.1) is 0 Å². The number of nitrogens with one attached hydrogen (secondary N) is 1. The van der Waals surface area contributed by atoms with Crippen molar-refractivity contribution in [1.29, 1.82) is 0 Å². The topological polar surface area (TPSA) is 46.9 Å². The first-order chi connectivity index (χ1) is 13.5. The molecule has 4 saturated carbocycles. The lowest BCUT2D eigenvalue weighted by Crippen LogP contribution is -2.60. The Balaban J connectivity index is 1.37. The predicted octanol–water partition coefficient (Wildman–Crippen LogP) is 5.07. The van der Waals surface area contributed by atoms with Crippen LogP contribution in [0.1, 0.15) is 106 Å². The second-order valence-electron chi connectivity index (χ2n) is 10.8. The SMILES string of the molecule is C[C@@H]1[C@@H](NC(=O)c2nn(C3CCCCC3)c3c2CCCC3)C[C@@H]2C[C@H]1C2(C)C. The molecule has 4 nitrogen and oxygen atoms in total. The summed E-state index contributed by atoms with van der Waals surface area (Å²) in [4.78, 5) is 13.3. The second-order valence-corrected chi connectivity index (χ2v) is 10.8. The highest BCUT2D eigenvalue weighted by molar-refractivity contribution is 5.94. The molecule has 154 valence electrons. The molecule has 4 heteroatoms. The summed E-state index contributed by atoms with van der Waals surface area (Å²) >= 11 is 0. The molecule has 0 aliphatic heterocycles. The molecule has 6 rings (SSSR count). The standard InChI is InChI=1S/C24H37N3O/c1-15-19-13-16(24(19,2)3)14-20(15)25-23(28)22-18-11-7-8-12-21(18)27(26-22)17-9-5-4-6-10-17/h15-17,19-20H,4-14H2,1-3H3,(H,25,28)/t15-,16-,19+,20-/m0/s1. The minimum atomic E-state index is 0.101. The summed E-state index contributed by atoms with van der Waals surface area (Å²) in [5.41, 5.74) is 3.86. The van der Waals surface area contributed by atoms with E-state index in [9.17, 15) is 4.79 Å². The van der Waals surface area contributed by atoms with Crippen LogP contribution < -0.4 is 5.32 Å². The average Bonchev–Trinajstić information content (AvgIpc) is 3.09. The molecule has 1 heterocycles. The van der Waals surface area contributed by atoms with Crippen LogP contribution in [-0.2, 0) is 12.8 Å². The van der Waals surface area contributed by atoms with Gasteiger partial charge < -0.3 is 5.32 Å². The van der Waals surface area contributed by atoms with Crippen molar-refractivity contribution in [1.82, 2.24) is 15.1 Å². The third-order valence-corrected chi connectivity index (χ3v) is 9.02. The second kappa shape index (κ2) is 6.88. The van der Waals surface area contributed by atoms with Gasteiger partial charge in [0, 0.05) is 17.3 Å². The van der Waals surface area contributed by atoms with Crippen LogP contribution in [0.2, 0.25) is 0 Å². The van der Waals surface area contributed by atoms with Crippen LogP contribution in [0.25, 0.3) is 0 Å². The fraction of sp³-hybridized carbons (Fsp3) is 0.833. The number of hydrogen-bond donors (Lipinski definition) is 1. The summed E-state index contributed by atoms with van der Waals surface area (Å²) in [7, 11) is 0. The number of carbonyl (C=O) groups is 1. The van der Waals surface area contributed by atoms with Gasteiger partial charge in [-0.3, -0.25) is 9.48 Å². The molecule has 0 spiro atoms. The molecule has 0 radical (unpaired) electrons. The molecule has 0 unspecified atom stereocenters. The maximum atomic E-state index is 13.3. The van der Waals surface area contributed by atoms with Crippen molar-refractivity contribution < 1.29 is 4.79 Å². The highest BCUT2D eigenvalue weighted by atomic mass is 16.2. The molecular formula is C24H37N3O. The quantitative estimate of drug-likeness (QED) is 0.792. The molecule has 4 fully saturated rings. The van der Waals surface area contributed by atoms with Crippen LogP contribution in [-0.4, -0.2) is 21.7 Å². The molecule has 1 aromatic rings. The highest BCUT2D eigenvalue weighted by Crippen LogP contribution is 2.61. The Morgan fingerprint density at radius 1 is 1.07 bits per heavy atom. The number of hydrogen-bond acceptors (Lipinski definition) is 2. The lowest BCUT2D eigenvalue weighted by atomic mass is 9.45. The molecule has 1 amide bonds. The van der Waals surface area contributed by atoms with Crippen LogP contribution in [0.3, 0.4) is 0 Å². The molecule has 1 N–H and O–H groups in total. The van der Waals surface area contributed by atoms with E-state index in [1.54, 1.807) is 0 Å². The largest absolute Gasteiger partial charge is 0.348 e. The predicted molar refractivity (Wildman–Crippen MR) is 111 cm³/mol. The highest BCUT2D eigenvalue weighted by Gasteiger charge is 2.56. The normalized spacial score (nSPS) is 34.4. The van der Waals surface area contributed by atoms with Crippen molar-refractivity contribution in [2.24, 2.45) is 23.2 Å². The minimum Gasteiger partial charge on any atom is -0.348 e. The van der Waals surface area contributed by atoms with Gasteiger partial charge in [0.1, 0.15) is 0 Å². The molecular weight excluding hydrogens is 346 g/mol. The van der Waals surface area contributed by atoms with Gasteiger partial charge in [0.05, 0.1) is 6.04 Å². The Bertz CT molecular complexity index is 758. The molecule has 2 bridgehead atoms. The maximum Gasteiger partial charge on any atom is 0.272 e. The van der Waals surface area contributed by atoms with Crippen molar-refractivity contribution in [2.45, 2.75) is 103 Å². The van der Waals surface area contributed by atoms with Crippen LogP contribution in [0.15, 0.2) is 0 Å². The first kappa shape index (κ1) is 18.7. The van der Waals surface area contributed by atoms with E-state index in [1.807, 2.05) is 0 Å². The lowest BCUT2D eigenvalue weighted by Gasteiger charge is -2.62. The Morgan fingerprint density at radius 3 is 2.54 bits per heavy atom. The number of amides is 1. The molecule has 28 heavy (non-hydrogen) atoms. The number of carbonyl (C=O) groups excluding carboxylic acids is 1. The Hall–Kier alpha value is -1.32. The van der Waals surface area contributed by atoms with E-state index in [4.69, 9.17) is 5.10 Å². The summed E-state index contributed by atoms with van der Waals surface area (Å²) in [6.07, 6.45) is 13.5. The summed E-state index contributed by atoms with van der Waals surface area (Å²) in [6.45, 7) is 7.19. The van der Waals surface area contributed by atoms with E-state index in [0.29, 0.717) is 23.4 Å². The van der Waals surface area contributed by atoms with Gasteiger partial charge in [0.15, 0.2) is 5.69 Å². The Kier molecular flexibility index (Phi) is 4.59. The van der Waals surface area contributed by atoms with Gasteiger partial charge in [0.2, 0.25) is 0 Å². The molecule has 5 aliphatic carbocycles. The molecule has 1 aromatic heterocycles. The fourth-order valence-electron chi connectivity index (χ4n) is 7.01. The van der Waals surface area contributed by atoms with Gasteiger partial charge in [-0.05, 0) is 74.5 Å². The lowest BCUT2D eigenvalue weighted by molar-refractivity contribution is -0.113. The van der Waals surface area contributed by atoms with E-state index in [1.165, 1.54) is 62.6 Å². The van der Waals surface area contributed by atoms with Crippen molar-refractivity contribution >= 4 is 5.91 Å². The Morgan fingerprint density at radius 2 is 1.82 bits per heavy atom. The summed E-state index contributed by atoms with van der Waals surface area (Å²) in [5, 5.41) is 8.40. The number of nitrogens with zero attached hydrogens (tertiary/aromatic N) is 2. The Labute approximate surface area is 169 Å². The van der Waals surface area contributed by atoms with Gasteiger partial charge in [-0.1, -0.05) is 40.0 Å². The third kappa shape index (κ3) is 2.85. The smallest absolute Gasteiger partial charge is 0.272 e. The van der Waals surface area contributed by atoms with Crippen molar-refractivity contribution in [3.8, 4) is 0 Å². The van der Waals surface area contributed by atoms with E-state index in [2.05, 4.69) is 30.8 Å². The summed E-state index contributed by atoms with van der Waals surface area (Å²) in [5.74, 6) is 2.20. The minimum absolute atomic E-state index is 0.101. The van der Waals surface area contributed by atoms with E-state index >= 15 is 0 Å². The van der Waals surface area contributed by atoms with Gasteiger partial charge in [-0.25, -0.2) is 0 Å². The zero-order valence-electron chi connectivity index (χ0n) is 18.0. The zero-order chi connectivity index (χ0) is 19.5. The number of fused-ring (bicyclic) bond motifs is 3. The van der Waals surface area contributed by atoms with E-state index in [-0.39, 0.29) is 5.91 Å². The molecule has 0 aromatic carbocycles. The van der Waals surface area contributed by atoms with Crippen molar-refractivity contribution in [3.05, 3.63) is 17.0 Å². The summed E-state index contributed by atoms with van der Waals surface area (Å²) in [6, 6.07) is 0.840. The third-order valence-electron chi connectivity index (χ3n) is 9.02. The first-order valence-corrected chi connectivity index (χ1v) is 11.9. The fourth-order valence-corrected chi connectivity index (χ4v) is 7.01. The number of aromatic nitrogens is 2. The van der Waals surface area contributed by atoms with Crippen molar-refractivity contribution in [2.75, 3.05) is 0 Å². The van der Waals surface area contributed by atoms with Gasteiger partial charge in [-0.2, -0.15) is 5.10 Å². The van der Waals surface area contributed by atoms with Gasteiger partial charge in [0.25, 0.3) is 5.91 Å². The first-order valence-electron chi connectivity index (χ1n) is 11.9. The zero-order valence-corrected chi connectivity index (χ0v) is 18.0. The van der Waals surface area contributed by atoms with Gasteiger partial charge >= 0.3 is 0 Å². The van der Waals surface area contributed by atoms with Crippen LogP contribution in [0.4, 0.5) is 0 Å². The van der Waals surface area contributed by atoms with Crippen LogP contribution in [0, 0.1) is 23.2 Å². The molecule has 5 aliphatic rings.